The zero-order valence-electron chi connectivity index (χ0n) is 7.78. The maximum atomic E-state index is 5.63. The van der Waals surface area contributed by atoms with Crippen LogP contribution in [0.15, 0.2) is 18.2 Å². The molecule has 76 valence electrons. The lowest BCUT2D eigenvalue weighted by molar-refractivity contribution is 0.179. The first-order valence-electron chi connectivity index (χ1n) is 4.02. The molecule has 1 heterocycles. The first kappa shape index (κ1) is 10.8. The summed E-state index contributed by atoms with van der Waals surface area (Å²) >= 11 is 0. The molecule has 4 nitrogen and oxygen atoms in total. The van der Waals surface area contributed by atoms with Crippen LogP contribution < -0.4 is 5.73 Å². The molecule has 0 saturated carbocycles. The number of methoxy groups -OCH3 is 1. The van der Waals surface area contributed by atoms with Crippen molar-refractivity contribution in [3.8, 4) is 0 Å². The highest BCUT2D eigenvalue weighted by atomic mass is 35.5. The SMILES string of the molecule is COCc1nc2ccc(N)cc2[nH]1.Cl. The first-order valence-corrected chi connectivity index (χ1v) is 4.02. The van der Waals surface area contributed by atoms with Crippen molar-refractivity contribution in [3.63, 3.8) is 0 Å². The summed E-state index contributed by atoms with van der Waals surface area (Å²) in [5.41, 5.74) is 8.23. The molecule has 0 amide bonds. The van der Waals surface area contributed by atoms with E-state index in [9.17, 15) is 0 Å². The molecule has 0 spiro atoms. The Balaban J connectivity index is 0.000000980. The van der Waals surface area contributed by atoms with E-state index in [0.29, 0.717) is 6.61 Å². The molecule has 0 aliphatic heterocycles. The summed E-state index contributed by atoms with van der Waals surface area (Å²) in [6.45, 7) is 0.495. The van der Waals surface area contributed by atoms with Crippen molar-refractivity contribution >= 4 is 29.1 Å². The van der Waals surface area contributed by atoms with E-state index in [4.69, 9.17) is 10.5 Å². The van der Waals surface area contributed by atoms with E-state index in [0.717, 1.165) is 22.5 Å². The van der Waals surface area contributed by atoms with Gasteiger partial charge in [-0.1, -0.05) is 0 Å². The number of benzene rings is 1. The molecule has 0 aliphatic carbocycles. The van der Waals surface area contributed by atoms with E-state index < -0.39 is 0 Å². The van der Waals surface area contributed by atoms with Crippen LogP contribution in [-0.2, 0) is 11.3 Å². The second kappa shape index (κ2) is 4.30. The highest BCUT2D eigenvalue weighted by Gasteiger charge is 2.01. The van der Waals surface area contributed by atoms with Crippen molar-refractivity contribution in [2.75, 3.05) is 12.8 Å². The first-order chi connectivity index (χ1) is 6.29. The van der Waals surface area contributed by atoms with Crippen LogP contribution in [0.2, 0.25) is 0 Å². The van der Waals surface area contributed by atoms with Crippen LogP contribution in [0.4, 0.5) is 5.69 Å². The number of ether oxygens (including phenoxy) is 1. The van der Waals surface area contributed by atoms with Crippen LogP contribution in [0.25, 0.3) is 11.0 Å². The van der Waals surface area contributed by atoms with Crippen molar-refractivity contribution in [1.82, 2.24) is 9.97 Å². The minimum absolute atomic E-state index is 0. The number of rotatable bonds is 2. The Bertz CT molecular complexity index is 427. The van der Waals surface area contributed by atoms with Crippen LogP contribution >= 0.6 is 12.4 Å². The molecule has 0 aliphatic rings. The second-order valence-corrected chi connectivity index (χ2v) is 2.89. The lowest BCUT2D eigenvalue weighted by atomic mass is 10.3. The lowest BCUT2D eigenvalue weighted by Gasteiger charge is -1.90. The Hall–Kier alpha value is -1.26. The third-order valence-corrected chi connectivity index (χ3v) is 1.84. The van der Waals surface area contributed by atoms with Crippen molar-refractivity contribution in [3.05, 3.63) is 24.0 Å². The minimum atomic E-state index is 0. The number of nitrogens with one attached hydrogen (secondary N) is 1. The molecule has 2 aromatic rings. The molecule has 0 unspecified atom stereocenters. The van der Waals surface area contributed by atoms with Crippen LogP contribution in [0.1, 0.15) is 5.82 Å². The predicted molar refractivity (Wildman–Crippen MR) is 58.5 cm³/mol. The number of imidazole rings is 1. The molecule has 0 radical (unpaired) electrons. The fourth-order valence-corrected chi connectivity index (χ4v) is 1.29. The highest BCUT2D eigenvalue weighted by molar-refractivity contribution is 5.85. The van der Waals surface area contributed by atoms with Crippen molar-refractivity contribution in [2.45, 2.75) is 6.61 Å². The number of nitrogen functional groups attached to an aromatic ring is 1. The smallest absolute Gasteiger partial charge is 0.133 e. The third kappa shape index (κ3) is 1.97. The van der Waals surface area contributed by atoms with Crippen LogP contribution in [0, 0.1) is 0 Å². The monoisotopic (exact) mass is 213 g/mol. The van der Waals surface area contributed by atoms with Gasteiger partial charge in [0, 0.05) is 12.8 Å². The van der Waals surface area contributed by atoms with Gasteiger partial charge < -0.3 is 15.5 Å². The van der Waals surface area contributed by atoms with Gasteiger partial charge in [0.05, 0.1) is 11.0 Å². The van der Waals surface area contributed by atoms with Gasteiger partial charge >= 0.3 is 0 Å². The molecule has 0 fully saturated rings. The van der Waals surface area contributed by atoms with Crippen molar-refractivity contribution < 1.29 is 4.74 Å². The molecule has 1 aromatic heterocycles. The quantitative estimate of drug-likeness (QED) is 0.747. The summed E-state index contributed by atoms with van der Waals surface area (Å²) < 4.78 is 4.96. The second-order valence-electron chi connectivity index (χ2n) is 2.89. The van der Waals surface area contributed by atoms with E-state index in [1.807, 2.05) is 18.2 Å². The number of aromatic amines is 1. The number of anilines is 1. The maximum absolute atomic E-state index is 5.63. The van der Waals surface area contributed by atoms with Gasteiger partial charge in [-0.2, -0.15) is 0 Å². The molecule has 14 heavy (non-hydrogen) atoms. The number of H-pyrrole nitrogens is 1. The van der Waals surface area contributed by atoms with Gasteiger partial charge in [-0.15, -0.1) is 12.4 Å². The summed E-state index contributed by atoms with van der Waals surface area (Å²) in [6, 6.07) is 5.58. The van der Waals surface area contributed by atoms with Gasteiger partial charge in [0.25, 0.3) is 0 Å². The van der Waals surface area contributed by atoms with Gasteiger partial charge in [0.2, 0.25) is 0 Å². The summed E-state index contributed by atoms with van der Waals surface area (Å²) in [5, 5.41) is 0. The Morgan fingerprint density at radius 2 is 2.29 bits per heavy atom. The molecule has 5 heteroatoms. The molecular weight excluding hydrogens is 202 g/mol. The van der Waals surface area contributed by atoms with E-state index in [-0.39, 0.29) is 12.4 Å². The minimum Gasteiger partial charge on any atom is -0.399 e. The van der Waals surface area contributed by atoms with Crippen LogP contribution in [-0.4, -0.2) is 17.1 Å². The molecule has 1 aromatic carbocycles. The number of halogens is 1. The van der Waals surface area contributed by atoms with Gasteiger partial charge in [-0.05, 0) is 18.2 Å². The average Bonchev–Trinajstić information content (AvgIpc) is 2.46. The molecule has 0 saturated heterocycles. The highest BCUT2D eigenvalue weighted by Crippen LogP contribution is 2.14. The van der Waals surface area contributed by atoms with Crippen molar-refractivity contribution in [1.29, 1.82) is 0 Å². The van der Waals surface area contributed by atoms with Gasteiger partial charge in [0.1, 0.15) is 12.4 Å². The van der Waals surface area contributed by atoms with Gasteiger partial charge in [-0.25, -0.2) is 4.98 Å². The van der Waals surface area contributed by atoms with Crippen LogP contribution in [0.5, 0.6) is 0 Å². The number of hydrogen-bond donors (Lipinski definition) is 2. The Morgan fingerprint density at radius 1 is 1.50 bits per heavy atom. The Labute approximate surface area is 87.9 Å². The molecule has 0 atom stereocenters. The van der Waals surface area contributed by atoms with E-state index >= 15 is 0 Å². The van der Waals surface area contributed by atoms with Crippen molar-refractivity contribution in [2.24, 2.45) is 0 Å². The zero-order chi connectivity index (χ0) is 9.26. The third-order valence-electron chi connectivity index (χ3n) is 1.84. The summed E-state index contributed by atoms with van der Waals surface area (Å²) in [6.07, 6.45) is 0. The summed E-state index contributed by atoms with van der Waals surface area (Å²) in [4.78, 5) is 7.43. The topological polar surface area (TPSA) is 63.9 Å². The number of nitrogens with zero attached hydrogens (tertiary/aromatic N) is 1. The Morgan fingerprint density at radius 3 is 3.00 bits per heavy atom. The standard InChI is InChI=1S/C9H11N3O.ClH/c1-13-5-9-11-7-3-2-6(10)4-8(7)12-9;/h2-4H,5,10H2,1H3,(H,11,12);1H. The van der Waals surface area contributed by atoms with E-state index in [1.54, 1.807) is 7.11 Å². The molecule has 2 rings (SSSR count). The van der Waals surface area contributed by atoms with Crippen LogP contribution in [0.3, 0.4) is 0 Å². The van der Waals surface area contributed by atoms with E-state index in [1.165, 1.54) is 0 Å². The number of fused-ring (bicyclic) bond motifs is 1. The summed E-state index contributed by atoms with van der Waals surface area (Å²) in [7, 11) is 1.64. The zero-order valence-corrected chi connectivity index (χ0v) is 8.60. The molecular formula is C9H12ClN3O. The lowest BCUT2D eigenvalue weighted by Crippen LogP contribution is -1.88. The molecule has 3 N–H and O–H groups in total. The average molecular weight is 214 g/mol. The maximum Gasteiger partial charge on any atom is 0.133 e. The summed E-state index contributed by atoms with van der Waals surface area (Å²) in [5.74, 6) is 0.822. The number of hydrogen-bond acceptors (Lipinski definition) is 3. The predicted octanol–water partition coefficient (Wildman–Crippen LogP) is 1.71. The fraction of sp³-hybridized carbons (Fsp3) is 0.222. The number of nitrogens with two attached hydrogens (primary N) is 1. The number of aromatic nitrogens is 2. The van der Waals surface area contributed by atoms with Gasteiger partial charge in [0.15, 0.2) is 0 Å². The Kier molecular flexibility index (Phi) is 3.33. The molecule has 0 bridgehead atoms. The van der Waals surface area contributed by atoms with Gasteiger partial charge in [-0.3, -0.25) is 0 Å². The normalized spacial score (nSPS) is 10.1. The fourth-order valence-electron chi connectivity index (χ4n) is 1.29. The largest absolute Gasteiger partial charge is 0.399 e. The van der Waals surface area contributed by atoms with E-state index in [2.05, 4.69) is 9.97 Å².